The van der Waals surface area contributed by atoms with Gasteiger partial charge in [-0.15, -0.1) is 0 Å². The van der Waals surface area contributed by atoms with Crippen LogP contribution in [0.15, 0.2) is 77.7 Å². The highest BCUT2D eigenvalue weighted by molar-refractivity contribution is 7.92. The number of amides is 1. The fourth-order valence-corrected chi connectivity index (χ4v) is 4.37. The highest BCUT2D eigenvalue weighted by atomic mass is 32.2. The standard InChI is InChI=1S/C24H22FN3O3S2/c1-16-4-3-5-17(2)23(16)28-33(30,31)21-13-11-20(12-14-21)26-24(32)27-22(29)15-8-18-6-9-19(25)10-7-18/h3-15,28H,1-2H3,(H2,26,27,29,32)/b15-8+. The van der Waals surface area contributed by atoms with Gasteiger partial charge < -0.3 is 5.32 Å². The number of para-hydroxylation sites is 1. The lowest BCUT2D eigenvalue weighted by Gasteiger charge is -2.14. The quantitative estimate of drug-likeness (QED) is 0.347. The van der Waals surface area contributed by atoms with E-state index in [0.717, 1.165) is 11.1 Å². The number of thiocarbonyl (C=S) groups is 1. The van der Waals surface area contributed by atoms with Gasteiger partial charge in [0.25, 0.3) is 10.0 Å². The second-order valence-electron chi connectivity index (χ2n) is 7.22. The van der Waals surface area contributed by atoms with Crippen LogP contribution in [0.4, 0.5) is 15.8 Å². The van der Waals surface area contributed by atoms with Crippen LogP contribution in [0.2, 0.25) is 0 Å². The molecule has 0 radical (unpaired) electrons. The fraction of sp³-hybridized carbons (Fsp3) is 0.0833. The van der Waals surface area contributed by atoms with Crippen molar-refractivity contribution in [1.29, 1.82) is 0 Å². The van der Waals surface area contributed by atoms with Crippen molar-refractivity contribution < 1.29 is 17.6 Å². The molecule has 0 aliphatic heterocycles. The first-order valence-electron chi connectivity index (χ1n) is 9.89. The van der Waals surface area contributed by atoms with Gasteiger partial charge in [0.2, 0.25) is 5.91 Å². The number of sulfonamides is 1. The molecule has 0 unspecified atom stereocenters. The number of hydrogen-bond donors (Lipinski definition) is 3. The lowest BCUT2D eigenvalue weighted by atomic mass is 10.1. The molecule has 0 spiro atoms. The predicted molar refractivity (Wildman–Crippen MR) is 133 cm³/mol. The van der Waals surface area contributed by atoms with Crippen LogP contribution in [-0.4, -0.2) is 19.4 Å². The van der Waals surface area contributed by atoms with Gasteiger partial charge in [-0.1, -0.05) is 30.3 Å². The molecule has 0 aliphatic rings. The number of aryl methyl sites for hydroxylation is 2. The summed E-state index contributed by atoms with van der Waals surface area (Å²) in [5, 5.41) is 5.36. The Balaban J connectivity index is 1.60. The summed E-state index contributed by atoms with van der Waals surface area (Å²) < 4.78 is 41.0. The fourth-order valence-electron chi connectivity index (χ4n) is 2.95. The Morgan fingerprint density at radius 1 is 0.939 bits per heavy atom. The van der Waals surface area contributed by atoms with Gasteiger partial charge in [-0.25, -0.2) is 12.8 Å². The first kappa shape index (κ1) is 24.1. The average Bonchev–Trinajstić information content (AvgIpc) is 2.76. The topological polar surface area (TPSA) is 87.3 Å². The maximum Gasteiger partial charge on any atom is 0.261 e. The molecule has 3 aromatic rings. The molecule has 0 heterocycles. The van der Waals surface area contributed by atoms with Gasteiger partial charge >= 0.3 is 0 Å². The van der Waals surface area contributed by atoms with Crippen LogP contribution in [0.1, 0.15) is 16.7 Å². The third-order valence-corrected chi connectivity index (χ3v) is 6.24. The SMILES string of the molecule is Cc1cccc(C)c1NS(=O)(=O)c1ccc(NC(=S)NC(=O)/C=C/c2ccc(F)cc2)cc1. The van der Waals surface area contributed by atoms with Crippen molar-refractivity contribution in [3.63, 3.8) is 0 Å². The number of hydrogen-bond acceptors (Lipinski definition) is 4. The Hall–Kier alpha value is -3.56. The van der Waals surface area contributed by atoms with Crippen molar-refractivity contribution in [2.24, 2.45) is 0 Å². The zero-order valence-corrected chi connectivity index (χ0v) is 19.6. The monoisotopic (exact) mass is 483 g/mol. The van der Waals surface area contributed by atoms with Crippen LogP contribution in [0, 0.1) is 19.7 Å². The van der Waals surface area contributed by atoms with Crippen LogP contribution in [0.25, 0.3) is 6.08 Å². The summed E-state index contributed by atoms with van der Waals surface area (Å²) in [7, 11) is -3.77. The molecule has 0 atom stereocenters. The van der Waals surface area contributed by atoms with E-state index in [4.69, 9.17) is 12.2 Å². The summed E-state index contributed by atoms with van der Waals surface area (Å²) in [5.74, 6) is -0.823. The van der Waals surface area contributed by atoms with Crippen molar-refractivity contribution >= 4 is 50.7 Å². The summed E-state index contributed by atoms with van der Waals surface area (Å²) in [6, 6.07) is 17.2. The van der Waals surface area contributed by atoms with Gasteiger partial charge in [-0.3, -0.25) is 14.8 Å². The average molecular weight is 484 g/mol. The molecular weight excluding hydrogens is 461 g/mol. The molecule has 170 valence electrons. The third kappa shape index (κ3) is 6.71. The summed E-state index contributed by atoms with van der Waals surface area (Å²) >= 11 is 5.12. The molecule has 33 heavy (non-hydrogen) atoms. The van der Waals surface area contributed by atoms with E-state index in [-0.39, 0.29) is 15.8 Å². The summed E-state index contributed by atoms with van der Waals surface area (Å²) in [5.41, 5.74) is 3.38. The molecule has 9 heteroatoms. The van der Waals surface area contributed by atoms with Crippen LogP contribution in [0.5, 0.6) is 0 Å². The minimum absolute atomic E-state index is 0.0491. The van der Waals surface area contributed by atoms with E-state index in [9.17, 15) is 17.6 Å². The Kier molecular flexibility index (Phi) is 7.57. The number of carbonyl (C=O) groups excluding carboxylic acids is 1. The maximum atomic E-state index is 12.9. The molecular formula is C24H22FN3O3S2. The molecule has 0 saturated carbocycles. The zero-order chi connectivity index (χ0) is 24.0. The van der Waals surface area contributed by atoms with Gasteiger partial charge in [0.15, 0.2) is 5.11 Å². The van der Waals surface area contributed by atoms with Crippen LogP contribution < -0.4 is 15.4 Å². The first-order chi connectivity index (χ1) is 15.6. The number of halogens is 1. The van der Waals surface area contributed by atoms with Gasteiger partial charge in [-0.2, -0.15) is 0 Å². The smallest absolute Gasteiger partial charge is 0.261 e. The van der Waals surface area contributed by atoms with Crippen LogP contribution in [0.3, 0.4) is 0 Å². The van der Waals surface area contributed by atoms with Crippen LogP contribution in [-0.2, 0) is 14.8 Å². The van der Waals surface area contributed by atoms with E-state index in [1.54, 1.807) is 24.3 Å². The number of nitrogens with one attached hydrogen (secondary N) is 3. The molecule has 3 N–H and O–H groups in total. The molecule has 0 aliphatic carbocycles. The second-order valence-corrected chi connectivity index (χ2v) is 9.32. The Bertz CT molecular complexity index is 1280. The van der Waals surface area contributed by atoms with E-state index in [2.05, 4.69) is 15.4 Å². The van der Waals surface area contributed by atoms with E-state index >= 15 is 0 Å². The van der Waals surface area contributed by atoms with E-state index in [1.165, 1.54) is 36.4 Å². The minimum atomic E-state index is -3.77. The molecule has 3 rings (SSSR count). The van der Waals surface area contributed by atoms with Gasteiger partial charge in [0.05, 0.1) is 10.6 Å². The highest BCUT2D eigenvalue weighted by Crippen LogP contribution is 2.24. The number of carbonyl (C=O) groups is 1. The summed E-state index contributed by atoms with van der Waals surface area (Å²) in [4.78, 5) is 12.1. The van der Waals surface area contributed by atoms with E-state index in [0.29, 0.717) is 16.9 Å². The molecule has 0 saturated heterocycles. The molecule has 0 bridgehead atoms. The molecule has 0 fully saturated rings. The van der Waals surface area contributed by atoms with Crippen molar-refractivity contribution in [2.75, 3.05) is 10.0 Å². The van der Waals surface area contributed by atoms with Crippen molar-refractivity contribution in [3.05, 3.63) is 95.3 Å². The summed E-state index contributed by atoms with van der Waals surface area (Å²) in [6.07, 6.45) is 2.80. The zero-order valence-electron chi connectivity index (χ0n) is 17.9. The Morgan fingerprint density at radius 2 is 1.55 bits per heavy atom. The summed E-state index contributed by atoms with van der Waals surface area (Å²) in [6.45, 7) is 3.67. The Labute approximate surface area is 197 Å². The maximum absolute atomic E-state index is 12.9. The first-order valence-corrected chi connectivity index (χ1v) is 11.8. The second kappa shape index (κ2) is 10.4. The molecule has 0 aromatic heterocycles. The Morgan fingerprint density at radius 3 is 2.15 bits per heavy atom. The van der Waals surface area contributed by atoms with Crippen molar-refractivity contribution in [1.82, 2.24) is 5.32 Å². The molecule has 1 amide bonds. The van der Waals surface area contributed by atoms with Crippen molar-refractivity contribution in [3.8, 4) is 0 Å². The van der Waals surface area contributed by atoms with Crippen LogP contribution >= 0.6 is 12.2 Å². The lowest BCUT2D eigenvalue weighted by Crippen LogP contribution is -2.32. The van der Waals surface area contributed by atoms with E-state index < -0.39 is 15.9 Å². The van der Waals surface area contributed by atoms with Gasteiger partial charge in [0.1, 0.15) is 5.82 Å². The normalized spacial score (nSPS) is 11.2. The molecule has 3 aromatic carbocycles. The number of anilines is 2. The number of rotatable bonds is 6. The lowest BCUT2D eigenvalue weighted by molar-refractivity contribution is -0.115. The highest BCUT2D eigenvalue weighted by Gasteiger charge is 2.16. The number of benzene rings is 3. The molecule has 6 nitrogen and oxygen atoms in total. The van der Waals surface area contributed by atoms with Crippen molar-refractivity contribution in [2.45, 2.75) is 18.7 Å². The van der Waals surface area contributed by atoms with Gasteiger partial charge in [-0.05, 0) is 85.2 Å². The third-order valence-electron chi connectivity index (χ3n) is 4.67. The van der Waals surface area contributed by atoms with E-state index in [1.807, 2.05) is 32.0 Å². The predicted octanol–water partition coefficient (Wildman–Crippen LogP) is 4.77. The minimum Gasteiger partial charge on any atom is -0.332 e. The van der Waals surface area contributed by atoms with Gasteiger partial charge in [0, 0.05) is 11.8 Å². The largest absolute Gasteiger partial charge is 0.332 e.